The molecule has 14 heteroatoms. The number of carbonyl (C=O) groups excluding carboxylic acids is 1. The van der Waals surface area contributed by atoms with E-state index in [4.69, 9.17) is 11.6 Å². The van der Waals surface area contributed by atoms with Gasteiger partial charge in [0.2, 0.25) is 5.82 Å². The summed E-state index contributed by atoms with van der Waals surface area (Å²) in [5, 5.41) is 11.3. The molecular weight excluding hydrogens is 552 g/mol. The lowest BCUT2D eigenvalue weighted by Crippen LogP contribution is -2.54. The first kappa shape index (κ1) is 27.4. The van der Waals surface area contributed by atoms with Gasteiger partial charge in [-0.25, -0.2) is 9.97 Å². The maximum Gasteiger partial charge on any atom is 0.451 e. The third-order valence-electron chi connectivity index (χ3n) is 6.98. The summed E-state index contributed by atoms with van der Waals surface area (Å²) >= 11 is 5.88. The molecule has 2 aliphatic heterocycles. The maximum absolute atomic E-state index is 13.5. The van der Waals surface area contributed by atoms with Crippen LogP contribution in [0.15, 0.2) is 42.5 Å². The molecule has 1 amide bonds. The summed E-state index contributed by atoms with van der Waals surface area (Å²) in [6, 6.07) is 8.42. The fraction of sp³-hybridized carbons (Fsp3) is 0.400. The van der Waals surface area contributed by atoms with Crippen molar-refractivity contribution in [3.63, 3.8) is 0 Å². The van der Waals surface area contributed by atoms with Gasteiger partial charge in [-0.2, -0.15) is 26.3 Å². The minimum Gasteiger partial charge on any atom is -0.390 e. The zero-order chi connectivity index (χ0) is 28.1. The number of aliphatic hydroxyl groups is 1. The topological polar surface area (TPSA) is 72.8 Å². The second-order valence-electron chi connectivity index (χ2n) is 9.47. The van der Waals surface area contributed by atoms with E-state index in [1.807, 2.05) is 4.90 Å². The third kappa shape index (κ3) is 5.61. The Balaban J connectivity index is 1.35. The van der Waals surface area contributed by atoms with Crippen molar-refractivity contribution < 1.29 is 36.2 Å². The Labute approximate surface area is 223 Å². The zero-order valence-electron chi connectivity index (χ0n) is 20.2. The van der Waals surface area contributed by atoms with E-state index in [-0.39, 0.29) is 30.2 Å². The second-order valence-corrected chi connectivity index (χ2v) is 9.91. The number of aliphatic hydroxyl groups excluding tert-OH is 1. The van der Waals surface area contributed by atoms with Crippen LogP contribution < -0.4 is 4.90 Å². The molecule has 3 heterocycles. The van der Waals surface area contributed by atoms with Crippen molar-refractivity contribution in [1.29, 1.82) is 0 Å². The first-order valence-corrected chi connectivity index (χ1v) is 12.4. The Hall–Kier alpha value is -3.16. The van der Waals surface area contributed by atoms with E-state index in [1.54, 1.807) is 29.2 Å². The molecule has 7 nitrogen and oxygen atoms in total. The number of rotatable bonds is 3. The molecule has 0 bridgehead atoms. The first-order chi connectivity index (χ1) is 18.3. The predicted molar refractivity (Wildman–Crippen MR) is 130 cm³/mol. The van der Waals surface area contributed by atoms with E-state index in [1.165, 1.54) is 4.90 Å². The highest BCUT2D eigenvalue weighted by Gasteiger charge is 2.41. The number of halogens is 7. The van der Waals surface area contributed by atoms with Gasteiger partial charge in [-0.05, 0) is 42.5 Å². The van der Waals surface area contributed by atoms with Gasteiger partial charge >= 0.3 is 12.4 Å². The van der Waals surface area contributed by atoms with Gasteiger partial charge in [0.1, 0.15) is 5.82 Å². The van der Waals surface area contributed by atoms with E-state index >= 15 is 0 Å². The molecule has 0 radical (unpaired) electrons. The van der Waals surface area contributed by atoms with Gasteiger partial charge < -0.3 is 14.9 Å². The van der Waals surface area contributed by atoms with Gasteiger partial charge in [-0.3, -0.25) is 9.69 Å². The van der Waals surface area contributed by atoms with Crippen molar-refractivity contribution in [3.05, 3.63) is 64.4 Å². The van der Waals surface area contributed by atoms with Gasteiger partial charge in [0.25, 0.3) is 5.91 Å². The van der Waals surface area contributed by atoms with Gasteiger partial charge in [0.15, 0.2) is 0 Å². The minimum absolute atomic E-state index is 0.0160. The quantitative estimate of drug-likeness (QED) is 0.471. The number of alkyl halides is 6. The molecule has 1 N–H and O–H groups in total. The summed E-state index contributed by atoms with van der Waals surface area (Å²) in [6.45, 7) is 1.61. The summed E-state index contributed by atoms with van der Waals surface area (Å²) in [5.41, 5.74) is -1.13. The number of piperazine rings is 1. The Morgan fingerprint density at radius 1 is 0.897 bits per heavy atom. The average Bonchev–Trinajstić information content (AvgIpc) is 3.28. The number of benzene rings is 2. The molecule has 2 aliphatic rings. The zero-order valence-corrected chi connectivity index (χ0v) is 20.9. The van der Waals surface area contributed by atoms with Crippen LogP contribution >= 0.6 is 11.6 Å². The van der Waals surface area contributed by atoms with Crippen LogP contribution in [-0.4, -0.2) is 82.2 Å². The summed E-state index contributed by atoms with van der Waals surface area (Å²) in [5.74, 6) is -1.92. The fourth-order valence-electron chi connectivity index (χ4n) is 4.99. The highest BCUT2D eigenvalue weighted by molar-refractivity contribution is 6.30. The number of amides is 1. The van der Waals surface area contributed by atoms with Crippen LogP contribution in [0.5, 0.6) is 0 Å². The van der Waals surface area contributed by atoms with Crippen molar-refractivity contribution in [2.75, 3.05) is 44.2 Å². The maximum atomic E-state index is 13.5. The molecule has 2 unspecified atom stereocenters. The van der Waals surface area contributed by atoms with Crippen LogP contribution in [0, 0.1) is 0 Å². The second kappa shape index (κ2) is 10.1. The number of nitrogens with zero attached hydrogens (tertiary/aromatic N) is 5. The number of aromatic nitrogens is 2. The van der Waals surface area contributed by atoms with Crippen LogP contribution in [-0.2, 0) is 12.4 Å². The molecule has 208 valence electrons. The van der Waals surface area contributed by atoms with Crippen molar-refractivity contribution in [1.82, 2.24) is 19.8 Å². The Morgan fingerprint density at radius 2 is 1.56 bits per heavy atom. The monoisotopic (exact) mass is 573 g/mol. The Bertz CT molecular complexity index is 1370. The van der Waals surface area contributed by atoms with E-state index < -0.39 is 41.4 Å². The standard InChI is InChI=1S/C25H22ClF6N5O2/c26-16-4-1-14(2-5-16)22(39)36-9-7-35(8-10-36)19-12-37(13-20(19)38)21-17-6-3-15(24(27,28)29)11-18(17)33-23(34-21)25(30,31)32/h1-6,11,19-20,38H,7-10,12-13H2. The van der Waals surface area contributed by atoms with Crippen molar-refractivity contribution in [2.24, 2.45) is 0 Å². The molecule has 3 aromatic rings. The highest BCUT2D eigenvalue weighted by atomic mass is 35.5. The third-order valence-corrected chi connectivity index (χ3v) is 7.23. The summed E-state index contributed by atoms with van der Waals surface area (Å²) < 4.78 is 80.2. The summed E-state index contributed by atoms with van der Waals surface area (Å²) in [7, 11) is 0. The highest BCUT2D eigenvalue weighted by Crippen LogP contribution is 2.37. The lowest BCUT2D eigenvalue weighted by atomic mass is 10.1. The molecule has 2 aromatic carbocycles. The average molecular weight is 574 g/mol. The van der Waals surface area contributed by atoms with Crippen LogP contribution in [0.25, 0.3) is 10.9 Å². The van der Waals surface area contributed by atoms with Crippen LogP contribution in [0.1, 0.15) is 21.7 Å². The molecular formula is C25H22ClF6N5O2. The van der Waals surface area contributed by atoms with Crippen molar-refractivity contribution in [3.8, 4) is 0 Å². The van der Waals surface area contributed by atoms with E-state index in [0.717, 1.165) is 12.1 Å². The van der Waals surface area contributed by atoms with Gasteiger partial charge in [0, 0.05) is 55.2 Å². The summed E-state index contributed by atoms with van der Waals surface area (Å²) in [4.78, 5) is 24.9. The molecule has 0 spiro atoms. The molecule has 2 fully saturated rings. The van der Waals surface area contributed by atoms with E-state index in [9.17, 15) is 36.2 Å². The molecule has 1 aromatic heterocycles. The van der Waals surface area contributed by atoms with E-state index in [0.29, 0.717) is 42.8 Å². The van der Waals surface area contributed by atoms with Gasteiger partial charge in [-0.15, -0.1) is 0 Å². The Morgan fingerprint density at radius 3 is 2.18 bits per heavy atom. The van der Waals surface area contributed by atoms with Crippen LogP contribution in [0.4, 0.5) is 32.2 Å². The number of hydrogen-bond acceptors (Lipinski definition) is 6. The number of fused-ring (bicyclic) bond motifs is 1. The molecule has 2 atom stereocenters. The number of anilines is 1. The number of carbonyl (C=O) groups is 1. The molecule has 5 rings (SSSR count). The van der Waals surface area contributed by atoms with E-state index in [2.05, 4.69) is 9.97 Å². The van der Waals surface area contributed by atoms with Crippen molar-refractivity contribution >= 4 is 34.2 Å². The largest absolute Gasteiger partial charge is 0.451 e. The summed E-state index contributed by atoms with van der Waals surface area (Å²) in [6.07, 6.45) is -10.7. The predicted octanol–water partition coefficient (Wildman–Crippen LogP) is 4.33. The van der Waals surface area contributed by atoms with Crippen LogP contribution in [0.3, 0.4) is 0 Å². The SMILES string of the molecule is O=C(c1ccc(Cl)cc1)N1CCN(C2CN(c3nc(C(F)(F)F)nc4cc(C(F)(F)F)ccc34)CC2O)CC1. The van der Waals surface area contributed by atoms with Gasteiger partial charge in [-0.1, -0.05) is 11.6 Å². The normalized spacial score (nSPS) is 21.1. The van der Waals surface area contributed by atoms with Crippen molar-refractivity contribution in [2.45, 2.75) is 24.5 Å². The van der Waals surface area contributed by atoms with Crippen LogP contribution in [0.2, 0.25) is 5.02 Å². The molecule has 0 saturated carbocycles. The van der Waals surface area contributed by atoms with Gasteiger partial charge in [0.05, 0.1) is 23.2 Å². The lowest BCUT2D eigenvalue weighted by Gasteiger charge is -2.38. The molecule has 2 saturated heterocycles. The fourth-order valence-corrected chi connectivity index (χ4v) is 5.12. The Kier molecular flexibility index (Phi) is 7.10. The minimum atomic E-state index is -4.98. The first-order valence-electron chi connectivity index (χ1n) is 12.0. The molecule has 39 heavy (non-hydrogen) atoms. The molecule has 0 aliphatic carbocycles. The number of hydrogen-bond donors (Lipinski definition) is 1. The number of β-amino-alcohol motifs (C(OH)–C–C–N with tert-alkyl or cyclic N) is 1. The lowest BCUT2D eigenvalue weighted by molar-refractivity contribution is -0.144. The smallest absolute Gasteiger partial charge is 0.390 e.